The number of carbonyl (C=O) groups excluding carboxylic acids is 1. The first-order valence-electron chi connectivity index (χ1n) is 8.19. The number of aromatic nitrogens is 2. The summed E-state index contributed by atoms with van der Waals surface area (Å²) in [4.78, 5) is 12.3. The summed E-state index contributed by atoms with van der Waals surface area (Å²) in [6, 6.07) is 5.41. The molecule has 2 aromatic rings. The number of amides is 1. The monoisotopic (exact) mass is 367 g/mol. The van der Waals surface area contributed by atoms with Crippen molar-refractivity contribution in [3.05, 3.63) is 45.6 Å². The van der Waals surface area contributed by atoms with E-state index in [1.807, 2.05) is 0 Å². The molecule has 0 aliphatic heterocycles. The van der Waals surface area contributed by atoms with Gasteiger partial charge in [-0.1, -0.05) is 55.0 Å². The van der Waals surface area contributed by atoms with Gasteiger partial charge in [-0.2, -0.15) is 0 Å². The molecule has 5 nitrogen and oxygen atoms in total. The summed E-state index contributed by atoms with van der Waals surface area (Å²) in [5.74, 6) is 0.0485. The van der Waals surface area contributed by atoms with Gasteiger partial charge in [-0.25, -0.2) is 0 Å². The van der Waals surface area contributed by atoms with E-state index in [4.69, 9.17) is 27.6 Å². The quantitative estimate of drug-likeness (QED) is 0.812. The standard InChI is InChI=1S/C17H19Cl2N3O2/c18-12-8-7-11(14(19)10-12)9-15-21-22-17(24-15)16(23)20-13-5-3-1-2-4-6-13/h7-8,10,13H,1-6,9H2,(H,20,23). The van der Waals surface area contributed by atoms with Crippen LogP contribution in [0, 0.1) is 0 Å². The second-order valence-electron chi connectivity index (χ2n) is 6.08. The second-order valence-corrected chi connectivity index (χ2v) is 6.92. The number of carbonyl (C=O) groups is 1. The molecular formula is C17H19Cl2N3O2. The summed E-state index contributed by atoms with van der Waals surface area (Å²) in [5.41, 5.74) is 0.820. The molecule has 0 unspecified atom stereocenters. The Morgan fingerprint density at radius 2 is 1.92 bits per heavy atom. The normalized spacial score (nSPS) is 15.9. The number of hydrogen-bond donors (Lipinski definition) is 1. The van der Waals surface area contributed by atoms with Gasteiger partial charge in [0, 0.05) is 16.1 Å². The molecule has 1 aromatic carbocycles. The van der Waals surface area contributed by atoms with Crippen LogP contribution in [0.3, 0.4) is 0 Å². The molecule has 1 fully saturated rings. The van der Waals surface area contributed by atoms with Crippen LogP contribution in [0.2, 0.25) is 10.0 Å². The van der Waals surface area contributed by atoms with Crippen molar-refractivity contribution in [3.8, 4) is 0 Å². The fourth-order valence-electron chi connectivity index (χ4n) is 2.92. The molecule has 1 aliphatic rings. The van der Waals surface area contributed by atoms with Crippen molar-refractivity contribution in [1.29, 1.82) is 0 Å². The van der Waals surface area contributed by atoms with Crippen molar-refractivity contribution in [2.24, 2.45) is 0 Å². The van der Waals surface area contributed by atoms with Gasteiger partial charge in [-0.05, 0) is 30.5 Å². The zero-order valence-electron chi connectivity index (χ0n) is 13.2. The van der Waals surface area contributed by atoms with Crippen LogP contribution in [0.4, 0.5) is 0 Å². The van der Waals surface area contributed by atoms with Gasteiger partial charge < -0.3 is 9.73 Å². The summed E-state index contributed by atoms with van der Waals surface area (Å²) in [7, 11) is 0. The van der Waals surface area contributed by atoms with Crippen LogP contribution >= 0.6 is 23.2 Å². The molecule has 0 bridgehead atoms. The zero-order chi connectivity index (χ0) is 16.9. The lowest BCUT2D eigenvalue weighted by Crippen LogP contribution is -2.34. The predicted octanol–water partition coefficient (Wildman–Crippen LogP) is 4.42. The summed E-state index contributed by atoms with van der Waals surface area (Å²) in [5, 5.41) is 11.9. The molecule has 1 N–H and O–H groups in total. The lowest BCUT2D eigenvalue weighted by molar-refractivity contribution is 0.0896. The van der Waals surface area contributed by atoms with Gasteiger partial charge in [0.15, 0.2) is 0 Å². The number of hydrogen-bond acceptors (Lipinski definition) is 4. The average molecular weight is 368 g/mol. The van der Waals surface area contributed by atoms with Crippen LogP contribution in [0.1, 0.15) is 60.7 Å². The topological polar surface area (TPSA) is 68.0 Å². The third kappa shape index (κ3) is 4.48. The highest BCUT2D eigenvalue weighted by Gasteiger charge is 2.20. The number of nitrogens with zero attached hydrogens (tertiary/aromatic N) is 2. The van der Waals surface area contributed by atoms with Crippen LogP contribution in [-0.2, 0) is 6.42 Å². The van der Waals surface area contributed by atoms with Crippen LogP contribution in [0.5, 0.6) is 0 Å². The lowest BCUT2D eigenvalue weighted by Gasteiger charge is -2.14. The maximum absolute atomic E-state index is 12.3. The van der Waals surface area contributed by atoms with E-state index in [-0.39, 0.29) is 17.8 Å². The highest BCUT2D eigenvalue weighted by atomic mass is 35.5. The first kappa shape index (κ1) is 17.2. The number of nitrogens with one attached hydrogen (secondary N) is 1. The van der Waals surface area contributed by atoms with Crippen molar-refractivity contribution >= 4 is 29.1 Å². The first-order chi connectivity index (χ1) is 11.6. The Balaban J connectivity index is 1.63. The Morgan fingerprint density at radius 1 is 1.17 bits per heavy atom. The molecule has 0 atom stereocenters. The molecule has 1 saturated carbocycles. The van der Waals surface area contributed by atoms with E-state index in [1.165, 1.54) is 12.8 Å². The predicted molar refractivity (Wildman–Crippen MR) is 92.5 cm³/mol. The summed E-state index contributed by atoms with van der Waals surface area (Å²) in [6.45, 7) is 0. The molecule has 0 spiro atoms. The van der Waals surface area contributed by atoms with Gasteiger partial charge >= 0.3 is 11.8 Å². The third-order valence-corrected chi connectivity index (χ3v) is 4.80. The summed E-state index contributed by atoms with van der Waals surface area (Å²) >= 11 is 12.0. The highest BCUT2D eigenvalue weighted by molar-refractivity contribution is 6.35. The molecule has 1 aromatic heterocycles. The molecule has 1 aliphatic carbocycles. The SMILES string of the molecule is O=C(NC1CCCCCC1)c1nnc(Cc2ccc(Cl)cc2Cl)o1. The van der Waals surface area contributed by atoms with E-state index in [2.05, 4.69) is 15.5 Å². The molecule has 0 radical (unpaired) electrons. The van der Waals surface area contributed by atoms with E-state index >= 15 is 0 Å². The van der Waals surface area contributed by atoms with E-state index in [1.54, 1.807) is 18.2 Å². The maximum Gasteiger partial charge on any atom is 0.309 e. The molecular weight excluding hydrogens is 349 g/mol. The summed E-state index contributed by atoms with van der Waals surface area (Å²) < 4.78 is 5.48. The van der Waals surface area contributed by atoms with Crippen molar-refractivity contribution in [2.45, 2.75) is 51.0 Å². The highest BCUT2D eigenvalue weighted by Crippen LogP contribution is 2.23. The van der Waals surface area contributed by atoms with E-state index in [9.17, 15) is 4.79 Å². The Bertz CT molecular complexity index is 710. The minimum absolute atomic E-state index is 0.000618. The number of halogens is 2. The van der Waals surface area contributed by atoms with Gasteiger partial charge in [-0.3, -0.25) is 4.79 Å². The van der Waals surface area contributed by atoms with Crippen LogP contribution in [0.25, 0.3) is 0 Å². The minimum Gasteiger partial charge on any atom is -0.417 e. The van der Waals surface area contributed by atoms with E-state index in [0.29, 0.717) is 22.4 Å². The van der Waals surface area contributed by atoms with Gasteiger partial charge in [-0.15, -0.1) is 10.2 Å². The smallest absolute Gasteiger partial charge is 0.309 e. The van der Waals surface area contributed by atoms with Crippen molar-refractivity contribution in [1.82, 2.24) is 15.5 Å². The molecule has 24 heavy (non-hydrogen) atoms. The van der Waals surface area contributed by atoms with Crippen molar-refractivity contribution in [3.63, 3.8) is 0 Å². The van der Waals surface area contributed by atoms with Crippen LogP contribution in [-0.4, -0.2) is 22.1 Å². The Morgan fingerprint density at radius 3 is 2.62 bits per heavy atom. The third-order valence-electron chi connectivity index (χ3n) is 4.21. The Kier molecular flexibility index (Phi) is 5.74. The minimum atomic E-state index is -0.303. The largest absolute Gasteiger partial charge is 0.417 e. The first-order valence-corrected chi connectivity index (χ1v) is 8.94. The molecule has 1 heterocycles. The Labute approximate surface area is 150 Å². The molecule has 1 amide bonds. The van der Waals surface area contributed by atoms with Crippen molar-refractivity contribution < 1.29 is 9.21 Å². The number of rotatable bonds is 4. The van der Waals surface area contributed by atoms with E-state index in [0.717, 1.165) is 31.2 Å². The lowest BCUT2D eigenvalue weighted by atomic mass is 10.1. The zero-order valence-corrected chi connectivity index (χ0v) is 14.7. The van der Waals surface area contributed by atoms with Gasteiger partial charge in [0.05, 0.1) is 6.42 Å². The average Bonchev–Trinajstić information content (AvgIpc) is 2.87. The van der Waals surface area contributed by atoms with Crippen molar-refractivity contribution in [2.75, 3.05) is 0 Å². The maximum atomic E-state index is 12.3. The molecule has 0 saturated heterocycles. The number of benzene rings is 1. The van der Waals surface area contributed by atoms with Crippen LogP contribution in [0.15, 0.2) is 22.6 Å². The van der Waals surface area contributed by atoms with Crippen LogP contribution < -0.4 is 5.32 Å². The second kappa shape index (κ2) is 7.99. The Hall–Kier alpha value is -1.59. The fourth-order valence-corrected chi connectivity index (χ4v) is 3.39. The summed E-state index contributed by atoms with van der Waals surface area (Å²) in [6.07, 6.45) is 7.14. The van der Waals surface area contributed by atoms with Gasteiger partial charge in [0.2, 0.25) is 5.89 Å². The molecule has 7 heteroatoms. The molecule has 3 rings (SSSR count). The fraction of sp³-hybridized carbons (Fsp3) is 0.471. The molecule has 128 valence electrons. The van der Waals surface area contributed by atoms with E-state index < -0.39 is 0 Å². The van der Waals surface area contributed by atoms with Gasteiger partial charge in [0.25, 0.3) is 0 Å². The van der Waals surface area contributed by atoms with Gasteiger partial charge in [0.1, 0.15) is 0 Å².